The Balaban J connectivity index is 1.58. The Kier molecular flexibility index (Phi) is 4.41. The predicted molar refractivity (Wildman–Crippen MR) is 82.9 cm³/mol. The molecule has 0 aromatic heterocycles. The largest absolute Gasteiger partial charge is 0.389 e. The van der Waals surface area contributed by atoms with E-state index in [1.54, 1.807) is 0 Å². The normalized spacial score (nSPS) is 21.7. The van der Waals surface area contributed by atoms with Crippen molar-refractivity contribution in [1.82, 2.24) is 5.32 Å². The van der Waals surface area contributed by atoms with Gasteiger partial charge < -0.3 is 10.4 Å². The summed E-state index contributed by atoms with van der Waals surface area (Å²) in [7, 11) is 0. The number of halogens is 2. The Labute approximate surface area is 135 Å². The van der Waals surface area contributed by atoms with Crippen molar-refractivity contribution in [2.24, 2.45) is 0 Å². The number of carbonyl (C=O) groups is 1. The number of hydrogen-bond donors (Lipinski definition) is 2. The second-order valence-electron chi connectivity index (χ2n) is 7.14. The van der Waals surface area contributed by atoms with Crippen molar-refractivity contribution in [2.45, 2.75) is 62.4 Å². The van der Waals surface area contributed by atoms with Gasteiger partial charge in [0.25, 0.3) is 0 Å². The SMILES string of the molecule is O=C(CC1(O)CCCCC1)NCC1(c2ccc(F)cc2F)CC1. The molecular weight excluding hydrogens is 300 g/mol. The highest BCUT2D eigenvalue weighted by Crippen LogP contribution is 2.48. The lowest BCUT2D eigenvalue weighted by atomic mass is 9.82. The van der Waals surface area contributed by atoms with Crippen LogP contribution in [0.2, 0.25) is 0 Å². The van der Waals surface area contributed by atoms with Crippen LogP contribution in [0.1, 0.15) is 56.9 Å². The van der Waals surface area contributed by atoms with Crippen molar-refractivity contribution in [1.29, 1.82) is 0 Å². The lowest BCUT2D eigenvalue weighted by Crippen LogP contribution is -2.40. The third kappa shape index (κ3) is 3.71. The monoisotopic (exact) mass is 323 g/mol. The number of rotatable bonds is 5. The zero-order chi connectivity index (χ0) is 16.5. The highest BCUT2D eigenvalue weighted by molar-refractivity contribution is 5.77. The third-order valence-corrected chi connectivity index (χ3v) is 5.25. The fraction of sp³-hybridized carbons (Fsp3) is 0.611. The molecule has 0 heterocycles. The summed E-state index contributed by atoms with van der Waals surface area (Å²) in [6.07, 6.45) is 6.01. The van der Waals surface area contributed by atoms with E-state index in [1.807, 2.05) is 0 Å². The summed E-state index contributed by atoms with van der Waals surface area (Å²) in [6, 6.07) is 3.62. The van der Waals surface area contributed by atoms with Crippen LogP contribution in [0.5, 0.6) is 0 Å². The third-order valence-electron chi connectivity index (χ3n) is 5.25. The van der Waals surface area contributed by atoms with Crippen LogP contribution in [0.4, 0.5) is 8.78 Å². The van der Waals surface area contributed by atoms with Crippen LogP contribution in [0.25, 0.3) is 0 Å². The van der Waals surface area contributed by atoms with Crippen LogP contribution in [-0.4, -0.2) is 23.2 Å². The Bertz CT molecular complexity index is 593. The fourth-order valence-electron chi connectivity index (χ4n) is 3.63. The average Bonchev–Trinajstić information content (AvgIpc) is 3.26. The van der Waals surface area contributed by atoms with Crippen molar-refractivity contribution < 1.29 is 18.7 Å². The van der Waals surface area contributed by atoms with E-state index in [1.165, 1.54) is 12.1 Å². The van der Waals surface area contributed by atoms with Crippen molar-refractivity contribution in [2.75, 3.05) is 6.54 Å². The molecule has 0 spiro atoms. The molecule has 0 saturated heterocycles. The molecule has 2 fully saturated rings. The molecule has 1 aromatic carbocycles. The van der Waals surface area contributed by atoms with E-state index in [0.717, 1.165) is 38.2 Å². The summed E-state index contributed by atoms with van der Waals surface area (Å²) in [5.74, 6) is -1.34. The van der Waals surface area contributed by atoms with Gasteiger partial charge in [0.2, 0.25) is 5.91 Å². The van der Waals surface area contributed by atoms with Gasteiger partial charge in [0.15, 0.2) is 0 Å². The van der Waals surface area contributed by atoms with E-state index < -0.39 is 22.7 Å². The topological polar surface area (TPSA) is 49.3 Å². The van der Waals surface area contributed by atoms with Gasteiger partial charge in [-0.25, -0.2) is 8.78 Å². The second-order valence-corrected chi connectivity index (χ2v) is 7.14. The molecule has 0 bridgehead atoms. The lowest BCUT2D eigenvalue weighted by molar-refractivity contribution is -0.127. The van der Waals surface area contributed by atoms with Crippen LogP contribution in [0.15, 0.2) is 18.2 Å². The maximum atomic E-state index is 14.0. The van der Waals surface area contributed by atoms with Crippen LogP contribution >= 0.6 is 0 Å². The van der Waals surface area contributed by atoms with Gasteiger partial charge in [-0.05, 0) is 37.3 Å². The van der Waals surface area contributed by atoms with Gasteiger partial charge in [-0.2, -0.15) is 0 Å². The molecule has 0 atom stereocenters. The Morgan fingerprint density at radius 1 is 1.13 bits per heavy atom. The molecule has 23 heavy (non-hydrogen) atoms. The molecule has 2 saturated carbocycles. The highest BCUT2D eigenvalue weighted by Gasteiger charge is 2.46. The molecule has 0 aliphatic heterocycles. The molecule has 126 valence electrons. The van der Waals surface area contributed by atoms with Crippen LogP contribution in [-0.2, 0) is 10.2 Å². The van der Waals surface area contributed by atoms with Crippen LogP contribution < -0.4 is 5.32 Å². The van der Waals surface area contributed by atoms with E-state index in [-0.39, 0.29) is 12.3 Å². The zero-order valence-electron chi connectivity index (χ0n) is 13.2. The molecular formula is C18H23F2NO2. The smallest absolute Gasteiger partial charge is 0.222 e. The molecule has 0 unspecified atom stereocenters. The van der Waals surface area contributed by atoms with E-state index in [0.29, 0.717) is 24.9 Å². The molecule has 2 N–H and O–H groups in total. The molecule has 2 aliphatic rings. The van der Waals surface area contributed by atoms with Gasteiger partial charge in [-0.15, -0.1) is 0 Å². The van der Waals surface area contributed by atoms with Gasteiger partial charge >= 0.3 is 0 Å². The Morgan fingerprint density at radius 3 is 2.43 bits per heavy atom. The van der Waals surface area contributed by atoms with Gasteiger partial charge in [-0.1, -0.05) is 25.3 Å². The first-order chi connectivity index (χ1) is 10.9. The van der Waals surface area contributed by atoms with Gasteiger partial charge in [-0.3, -0.25) is 4.79 Å². The summed E-state index contributed by atoms with van der Waals surface area (Å²) in [4.78, 5) is 12.1. The first-order valence-corrected chi connectivity index (χ1v) is 8.37. The lowest BCUT2D eigenvalue weighted by Gasteiger charge is -2.31. The fourth-order valence-corrected chi connectivity index (χ4v) is 3.63. The number of aliphatic hydroxyl groups is 1. The molecule has 2 aliphatic carbocycles. The quantitative estimate of drug-likeness (QED) is 0.874. The first kappa shape index (κ1) is 16.4. The molecule has 3 nitrogen and oxygen atoms in total. The average molecular weight is 323 g/mol. The van der Waals surface area contributed by atoms with Gasteiger partial charge in [0.1, 0.15) is 11.6 Å². The Hall–Kier alpha value is -1.49. The predicted octanol–water partition coefficient (Wildman–Crippen LogP) is 3.20. The minimum absolute atomic E-state index is 0.106. The summed E-state index contributed by atoms with van der Waals surface area (Å²) in [5.41, 5.74) is -0.835. The number of amides is 1. The van der Waals surface area contributed by atoms with Crippen LogP contribution in [0.3, 0.4) is 0 Å². The standard InChI is InChI=1S/C18H23F2NO2/c19-13-4-5-14(15(20)10-13)17(8-9-17)12-21-16(22)11-18(23)6-2-1-3-7-18/h4-5,10,23H,1-3,6-9,11-12H2,(H,21,22). The second kappa shape index (κ2) is 6.19. The summed E-state index contributed by atoms with van der Waals surface area (Å²) >= 11 is 0. The minimum Gasteiger partial charge on any atom is -0.389 e. The first-order valence-electron chi connectivity index (χ1n) is 8.37. The highest BCUT2D eigenvalue weighted by atomic mass is 19.1. The van der Waals surface area contributed by atoms with E-state index in [9.17, 15) is 18.7 Å². The minimum atomic E-state index is -0.889. The maximum Gasteiger partial charge on any atom is 0.222 e. The molecule has 0 radical (unpaired) electrons. The van der Waals surface area contributed by atoms with Crippen molar-refractivity contribution in [3.8, 4) is 0 Å². The maximum absolute atomic E-state index is 14.0. The summed E-state index contributed by atoms with van der Waals surface area (Å²) in [6.45, 7) is 0.338. The van der Waals surface area contributed by atoms with Gasteiger partial charge in [0.05, 0.1) is 12.0 Å². The van der Waals surface area contributed by atoms with E-state index in [4.69, 9.17) is 0 Å². The van der Waals surface area contributed by atoms with E-state index in [2.05, 4.69) is 5.32 Å². The number of hydrogen-bond acceptors (Lipinski definition) is 2. The molecule has 1 amide bonds. The van der Waals surface area contributed by atoms with Crippen molar-refractivity contribution >= 4 is 5.91 Å². The van der Waals surface area contributed by atoms with Crippen molar-refractivity contribution in [3.05, 3.63) is 35.4 Å². The van der Waals surface area contributed by atoms with Crippen LogP contribution in [0, 0.1) is 11.6 Å². The van der Waals surface area contributed by atoms with Crippen molar-refractivity contribution in [3.63, 3.8) is 0 Å². The van der Waals surface area contributed by atoms with E-state index >= 15 is 0 Å². The zero-order valence-corrected chi connectivity index (χ0v) is 13.2. The molecule has 3 rings (SSSR count). The number of nitrogens with one attached hydrogen (secondary N) is 1. The van der Waals surface area contributed by atoms with Gasteiger partial charge in [0, 0.05) is 18.0 Å². The Morgan fingerprint density at radius 2 is 1.83 bits per heavy atom. The molecule has 1 aromatic rings. The number of carbonyl (C=O) groups excluding carboxylic acids is 1. The molecule has 5 heteroatoms. The number of benzene rings is 1. The summed E-state index contributed by atoms with van der Waals surface area (Å²) in [5, 5.41) is 13.3. The summed E-state index contributed by atoms with van der Waals surface area (Å²) < 4.78 is 27.0.